The molecule has 0 unspecified atom stereocenters. The molecule has 25 heavy (non-hydrogen) atoms. The molecule has 0 saturated carbocycles. The molecular weight excluding hydrogens is 318 g/mol. The van der Waals surface area contributed by atoms with E-state index in [2.05, 4.69) is 18.8 Å². The molecule has 6 heteroatoms. The highest BCUT2D eigenvalue weighted by Crippen LogP contribution is 2.36. The van der Waals surface area contributed by atoms with E-state index in [0.29, 0.717) is 11.0 Å². The number of rotatable bonds is 2. The quantitative estimate of drug-likeness (QED) is 0.755. The number of benzene rings is 1. The van der Waals surface area contributed by atoms with Crippen molar-refractivity contribution in [3.63, 3.8) is 0 Å². The average Bonchev–Trinajstić information content (AvgIpc) is 2.94. The van der Waals surface area contributed by atoms with Gasteiger partial charge in [0, 0.05) is 6.04 Å². The maximum atomic E-state index is 14.6. The predicted octanol–water partition coefficient (Wildman–Crippen LogP) is 4.39. The van der Waals surface area contributed by atoms with E-state index in [-0.39, 0.29) is 11.9 Å². The Kier molecular flexibility index (Phi) is 5.36. The first-order valence-corrected chi connectivity index (χ1v) is 9.07. The van der Waals surface area contributed by atoms with Crippen LogP contribution in [-0.2, 0) is 9.31 Å². The summed E-state index contributed by atoms with van der Waals surface area (Å²) in [5.41, 5.74) is 0.975. The summed E-state index contributed by atoms with van der Waals surface area (Å²) in [5.74, 6) is 0.467. The van der Waals surface area contributed by atoms with Gasteiger partial charge in [-0.3, -0.25) is 0 Å². The molecule has 1 saturated heterocycles. The van der Waals surface area contributed by atoms with Gasteiger partial charge in [-0.2, -0.15) is 0 Å². The summed E-state index contributed by atoms with van der Waals surface area (Å²) >= 11 is 0. The van der Waals surface area contributed by atoms with E-state index in [0.717, 1.165) is 11.3 Å². The minimum Gasteiger partial charge on any atom is -0.399 e. The number of aromatic nitrogens is 2. The molecule has 0 aliphatic carbocycles. The third kappa shape index (κ3) is 3.34. The van der Waals surface area contributed by atoms with Crippen LogP contribution in [0.3, 0.4) is 0 Å². The molecule has 1 aromatic heterocycles. The van der Waals surface area contributed by atoms with E-state index in [1.165, 1.54) is 6.07 Å². The number of imidazole rings is 1. The fourth-order valence-electron chi connectivity index (χ4n) is 3.06. The van der Waals surface area contributed by atoms with Crippen LogP contribution in [0.4, 0.5) is 4.39 Å². The molecule has 1 aliphatic rings. The molecule has 1 aliphatic heterocycles. The van der Waals surface area contributed by atoms with Crippen molar-refractivity contribution in [1.29, 1.82) is 0 Å². The second-order valence-corrected chi connectivity index (χ2v) is 7.58. The van der Waals surface area contributed by atoms with Gasteiger partial charge in [-0.1, -0.05) is 13.8 Å². The first-order chi connectivity index (χ1) is 11.5. The van der Waals surface area contributed by atoms with E-state index in [4.69, 9.17) is 9.31 Å². The molecule has 4 nitrogen and oxygen atoms in total. The Morgan fingerprint density at radius 1 is 1.08 bits per heavy atom. The summed E-state index contributed by atoms with van der Waals surface area (Å²) in [6.45, 7) is 18.0. The molecule has 3 rings (SSSR count). The average molecular weight is 348 g/mol. The number of nitrogens with zero attached hydrogens (tertiary/aromatic N) is 2. The highest BCUT2D eigenvalue weighted by molar-refractivity contribution is 6.62. The van der Waals surface area contributed by atoms with Gasteiger partial charge in [0.2, 0.25) is 0 Å². The summed E-state index contributed by atoms with van der Waals surface area (Å²) in [5, 5.41) is 0. The van der Waals surface area contributed by atoms with Crippen molar-refractivity contribution in [3.05, 3.63) is 23.8 Å². The monoisotopic (exact) mass is 348 g/mol. The molecule has 0 atom stereocenters. The molecule has 0 bridgehead atoms. The van der Waals surface area contributed by atoms with Gasteiger partial charge in [0.15, 0.2) is 5.82 Å². The highest BCUT2D eigenvalue weighted by atomic mass is 19.1. The number of hydrogen-bond donors (Lipinski definition) is 0. The lowest BCUT2D eigenvalue weighted by atomic mass is 9.79. The lowest BCUT2D eigenvalue weighted by Gasteiger charge is -2.32. The molecule has 0 spiro atoms. The topological polar surface area (TPSA) is 36.3 Å². The van der Waals surface area contributed by atoms with Crippen LogP contribution in [-0.4, -0.2) is 27.9 Å². The molecule has 0 N–H and O–H groups in total. The number of aryl methyl sites for hydroxylation is 1. The van der Waals surface area contributed by atoms with Gasteiger partial charge in [-0.25, -0.2) is 9.37 Å². The van der Waals surface area contributed by atoms with Crippen molar-refractivity contribution in [2.45, 2.75) is 79.6 Å². The summed E-state index contributed by atoms with van der Waals surface area (Å²) < 4.78 is 28.7. The zero-order valence-corrected chi connectivity index (χ0v) is 16.9. The minimum absolute atomic E-state index is 0.202. The second-order valence-electron chi connectivity index (χ2n) is 7.58. The zero-order valence-electron chi connectivity index (χ0n) is 16.9. The van der Waals surface area contributed by atoms with Crippen LogP contribution in [0.1, 0.15) is 67.3 Å². The normalized spacial score (nSPS) is 18.6. The Labute approximate surface area is 150 Å². The van der Waals surface area contributed by atoms with Crippen LogP contribution in [0, 0.1) is 12.7 Å². The van der Waals surface area contributed by atoms with Crippen LogP contribution in [0.15, 0.2) is 12.1 Å². The van der Waals surface area contributed by atoms with E-state index >= 15 is 0 Å². The van der Waals surface area contributed by atoms with Crippen LogP contribution < -0.4 is 5.46 Å². The lowest BCUT2D eigenvalue weighted by Crippen LogP contribution is -2.41. The van der Waals surface area contributed by atoms with Gasteiger partial charge in [0.25, 0.3) is 0 Å². The largest absolute Gasteiger partial charge is 0.495 e. The summed E-state index contributed by atoms with van der Waals surface area (Å²) in [6, 6.07) is 3.61. The highest BCUT2D eigenvalue weighted by Gasteiger charge is 2.51. The molecule has 0 amide bonds. The van der Waals surface area contributed by atoms with Gasteiger partial charge in [-0.15, -0.1) is 0 Å². The Hall–Kier alpha value is -1.40. The third-order valence-corrected chi connectivity index (χ3v) is 4.99. The molecule has 2 aromatic rings. The Bertz CT molecular complexity index is 752. The van der Waals surface area contributed by atoms with Crippen molar-refractivity contribution in [1.82, 2.24) is 9.55 Å². The first kappa shape index (κ1) is 19.9. The number of fused-ring (bicyclic) bond motifs is 1. The minimum atomic E-state index is -0.574. The molecule has 1 fully saturated rings. The first-order valence-electron chi connectivity index (χ1n) is 9.07. The fraction of sp³-hybridized carbons (Fsp3) is 0.632. The standard InChI is InChI=1S/C17H24BFN2O2.C2H6/c1-10(2)21-11(3)20-15-13(19)8-12(9-14(15)21)18-22-16(4,5)17(6,7)23-18;1-2/h8-10H,1-7H3;1-2H3. The number of hydrogen-bond acceptors (Lipinski definition) is 3. The van der Waals surface area contributed by atoms with E-state index in [1.807, 2.05) is 59.1 Å². The maximum absolute atomic E-state index is 14.6. The van der Waals surface area contributed by atoms with Crippen LogP contribution in [0.2, 0.25) is 0 Å². The zero-order chi connectivity index (χ0) is 19.2. The Balaban J connectivity index is 0.00000109. The second kappa shape index (κ2) is 6.73. The van der Waals surface area contributed by atoms with E-state index in [1.54, 1.807) is 0 Å². The lowest BCUT2D eigenvalue weighted by molar-refractivity contribution is 0.00578. The maximum Gasteiger partial charge on any atom is 0.495 e. The van der Waals surface area contributed by atoms with Gasteiger partial charge in [0.1, 0.15) is 11.3 Å². The van der Waals surface area contributed by atoms with Gasteiger partial charge in [0.05, 0.1) is 16.7 Å². The Morgan fingerprint density at radius 2 is 1.60 bits per heavy atom. The third-order valence-electron chi connectivity index (χ3n) is 4.99. The van der Waals surface area contributed by atoms with Crippen LogP contribution >= 0.6 is 0 Å². The van der Waals surface area contributed by atoms with Gasteiger partial charge in [-0.05, 0) is 66.1 Å². The molecular formula is C19H30BFN2O2. The van der Waals surface area contributed by atoms with E-state index < -0.39 is 18.3 Å². The summed E-state index contributed by atoms with van der Waals surface area (Å²) in [7, 11) is -0.574. The van der Waals surface area contributed by atoms with Crippen molar-refractivity contribution in [3.8, 4) is 0 Å². The molecule has 2 heterocycles. The summed E-state index contributed by atoms with van der Waals surface area (Å²) in [6.07, 6.45) is 0. The number of halogens is 1. The van der Waals surface area contributed by atoms with Crippen LogP contribution in [0.5, 0.6) is 0 Å². The van der Waals surface area contributed by atoms with Crippen molar-refractivity contribution < 1.29 is 13.7 Å². The van der Waals surface area contributed by atoms with E-state index in [9.17, 15) is 4.39 Å². The Morgan fingerprint density at radius 3 is 2.08 bits per heavy atom. The summed E-state index contributed by atoms with van der Waals surface area (Å²) in [4.78, 5) is 4.37. The van der Waals surface area contributed by atoms with Gasteiger partial charge >= 0.3 is 7.12 Å². The van der Waals surface area contributed by atoms with Crippen molar-refractivity contribution >= 4 is 23.6 Å². The SMILES string of the molecule is CC.Cc1nc2c(F)cc(B3OC(C)(C)C(C)(C)O3)cc2n1C(C)C. The molecule has 1 aromatic carbocycles. The smallest absolute Gasteiger partial charge is 0.399 e. The molecule has 138 valence electrons. The van der Waals surface area contributed by atoms with Crippen molar-refractivity contribution in [2.75, 3.05) is 0 Å². The van der Waals surface area contributed by atoms with Crippen molar-refractivity contribution in [2.24, 2.45) is 0 Å². The fourth-order valence-corrected chi connectivity index (χ4v) is 3.06. The molecule has 0 radical (unpaired) electrons. The van der Waals surface area contributed by atoms with Gasteiger partial charge < -0.3 is 13.9 Å². The predicted molar refractivity (Wildman–Crippen MR) is 102 cm³/mol. The van der Waals surface area contributed by atoms with Crippen LogP contribution in [0.25, 0.3) is 11.0 Å².